The highest BCUT2D eigenvalue weighted by molar-refractivity contribution is 7.89. The fourth-order valence-electron chi connectivity index (χ4n) is 3.91. The number of fused-ring (bicyclic) bond motifs is 1. The van der Waals surface area contributed by atoms with E-state index in [1.54, 1.807) is 23.1 Å². The molecule has 0 bridgehead atoms. The Bertz CT molecular complexity index is 1200. The topological polar surface area (TPSA) is 82.6 Å². The first-order chi connectivity index (χ1) is 15.2. The van der Waals surface area contributed by atoms with Crippen LogP contribution in [0.3, 0.4) is 0 Å². The molecule has 1 aromatic heterocycles. The largest absolute Gasteiger partial charge is 0.368 e. The molecule has 1 saturated heterocycles. The van der Waals surface area contributed by atoms with Crippen LogP contribution in [0, 0.1) is 12.8 Å². The molecule has 1 amide bonds. The van der Waals surface area contributed by atoms with E-state index in [-0.39, 0.29) is 16.7 Å². The summed E-state index contributed by atoms with van der Waals surface area (Å²) in [6.07, 6.45) is 0. The maximum absolute atomic E-state index is 13.3. The number of benzene rings is 2. The number of piperazine rings is 1. The Balaban J connectivity index is 1.47. The first-order valence-electron chi connectivity index (χ1n) is 10.7. The van der Waals surface area contributed by atoms with Crippen molar-refractivity contribution in [2.75, 3.05) is 31.1 Å². The Morgan fingerprint density at radius 1 is 1.06 bits per heavy atom. The molecule has 1 fully saturated rings. The van der Waals surface area contributed by atoms with Gasteiger partial charge in [-0.3, -0.25) is 4.79 Å². The van der Waals surface area contributed by atoms with Crippen LogP contribution in [0.1, 0.15) is 18.9 Å². The van der Waals surface area contributed by atoms with Crippen LogP contribution in [-0.4, -0.2) is 56.4 Å². The van der Waals surface area contributed by atoms with E-state index in [4.69, 9.17) is 0 Å². The molecule has 1 aliphatic heterocycles. The number of thiazole rings is 1. The van der Waals surface area contributed by atoms with E-state index in [0.717, 1.165) is 20.9 Å². The zero-order valence-electron chi connectivity index (χ0n) is 18.5. The lowest BCUT2D eigenvalue weighted by Gasteiger charge is -2.38. The number of carbonyl (C=O) groups is 1. The molecule has 9 heteroatoms. The summed E-state index contributed by atoms with van der Waals surface area (Å²) in [7, 11) is -3.85. The molecule has 4 rings (SSSR count). The van der Waals surface area contributed by atoms with Gasteiger partial charge in [0.1, 0.15) is 6.04 Å². The smallest absolute Gasteiger partial charge is 0.241 e. The quantitative estimate of drug-likeness (QED) is 0.596. The summed E-state index contributed by atoms with van der Waals surface area (Å²) >= 11 is 1.45. The van der Waals surface area contributed by atoms with Crippen molar-refractivity contribution in [1.82, 2.24) is 14.6 Å². The number of sulfonamides is 1. The second-order valence-corrected chi connectivity index (χ2v) is 11.3. The van der Waals surface area contributed by atoms with Crippen molar-refractivity contribution >= 4 is 43.2 Å². The predicted octanol–water partition coefficient (Wildman–Crippen LogP) is 3.26. The number of amides is 1. The van der Waals surface area contributed by atoms with Gasteiger partial charge in [0.15, 0.2) is 0 Å². The van der Waals surface area contributed by atoms with Crippen LogP contribution < -0.4 is 9.62 Å². The molecule has 0 radical (unpaired) electrons. The minimum absolute atomic E-state index is 0.154. The van der Waals surface area contributed by atoms with Gasteiger partial charge >= 0.3 is 0 Å². The van der Waals surface area contributed by atoms with E-state index in [1.807, 2.05) is 39.0 Å². The lowest BCUT2D eigenvalue weighted by molar-refractivity contribution is -0.134. The fraction of sp³-hybridized carbons (Fsp3) is 0.391. The second kappa shape index (κ2) is 9.17. The molecule has 1 aliphatic rings. The molecule has 2 aromatic carbocycles. The number of nitrogens with one attached hydrogen (secondary N) is 1. The monoisotopic (exact) mass is 472 g/mol. The third-order valence-corrected chi connectivity index (χ3v) is 8.08. The van der Waals surface area contributed by atoms with E-state index in [1.165, 1.54) is 11.3 Å². The number of nitrogens with zero attached hydrogens (tertiary/aromatic N) is 3. The van der Waals surface area contributed by atoms with Gasteiger partial charge < -0.3 is 9.80 Å². The maximum atomic E-state index is 13.3. The van der Waals surface area contributed by atoms with Gasteiger partial charge in [-0.05, 0) is 43.2 Å². The van der Waals surface area contributed by atoms with Gasteiger partial charge in [-0.25, -0.2) is 13.4 Å². The zero-order valence-corrected chi connectivity index (χ0v) is 20.1. The average molecular weight is 473 g/mol. The minimum Gasteiger partial charge on any atom is -0.368 e. The summed E-state index contributed by atoms with van der Waals surface area (Å²) in [5, 5.41) is 0.882. The van der Waals surface area contributed by atoms with Crippen LogP contribution in [0.25, 0.3) is 10.2 Å². The van der Waals surface area contributed by atoms with Crippen LogP contribution in [0.15, 0.2) is 53.4 Å². The molecule has 2 heterocycles. The lowest BCUT2D eigenvalue weighted by atomic mass is 10.0. The lowest BCUT2D eigenvalue weighted by Crippen LogP contribution is -2.56. The highest BCUT2D eigenvalue weighted by atomic mass is 32.2. The van der Waals surface area contributed by atoms with E-state index in [2.05, 4.69) is 26.7 Å². The van der Waals surface area contributed by atoms with Crippen molar-refractivity contribution in [2.45, 2.75) is 31.7 Å². The van der Waals surface area contributed by atoms with Crippen molar-refractivity contribution in [3.05, 3.63) is 53.5 Å². The molecule has 0 aliphatic carbocycles. The van der Waals surface area contributed by atoms with E-state index in [0.29, 0.717) is 26.2 Å². The SMILES string of the molecule is Cc1nc2ccc(S(=O)(=O)NC(C(=O)N3CCN(c4ccccc4)CC3)C(C)C)cc2s1. The van der Waals surface area contributed by atoms with Gasteiger partial charge in [-0.1, -0.05) is 32.0 Å². The fourth-order valence-corrected chi connectivity index (χ4v) is 6.22. The molecule has 1 N–H and O–H groups in total. The Morgan fingerprint density at radius 2 is 1.75 bits per heavy atom. The molecule has 1 unspecified atom stereocenters. The third-order valence-electron chi connectivity index (χ3n) is 5.70. The summed E-state index contributed by atoms with van der Waals surface area (Å²) < 4.78 is 29.7. The molecular formula is C23H28N4O3S2. The van der Waals surface area contributed by atoms with Crippen molar-refractivity contribution in [2.24, 2.45) is 5.92 Å². The number of hydrogen-bond donors (Lipinski definition) is 1. The van der Waals surface area contributed by atoms with Gasteiger partial charge in [-0.2, -0.15) is 4.72 Å². The Hall–Kier alpha value is -2.49. The van der Waals surface area contributed by atoms with Gasteiger partial charge in [0.25, 0.3) is 0 Å². The van der Waals surface area contributed by atoms with Crippen LogP contribution in [-0.2, 0) is 14.8 Å². The average Bonchev–Trinajstić information content (AvgIpc) is 3.17. The van der Waals surface area contributed by atoms with Gasteiger partial charge in [0.05, 0.1) is 20.1 Å². The van der Waals surface area contributed by atoms with Crippen molar-refractivity contribution in [3.8, 4) is 0 Å². The Labute approximate surface area is 193 Å². The number of para-hydroxylation sites is 1. The van der Waals surface area contributed by atoms with Crippen LogP contribution in [0.5, 0.6) is 0 Å². The number of aromatic nitrogens is 1. The number of aryl methyl sites for hydroxylation is 1. The highest BCUT2D eigenvalue weighted by Gasteiger charge is 2.33. The maximum Gasteiger partial charge on any atom is 0.241 e. The van der Waals surface area contributed by atoms with E-state index in [9.17, 15) is 13.2 Å². The molecule has 32 heavy (non-hydrogen) atoms. The summed E-state index contributed by atoms with van der Waals surface area (Å²) in [5.74, 6) is -0.357. The van der Waals surface area contributed by atoms with Crippen LogP contribution in [0.2, 0.25) is 0 Å². The van der Waals surface area contributed by atoms with Gasteiger partial charge in [0.2, 0.25) is 15.9 Å². The number of anilines is 1. The predicted molar refractivity (Wildman–Crippen MR) is 129 cm³/mol. The van der Waals surface area contributed by atoms with Gasteiger partial charge in [-0.15, -0.1) is 11.3 Å². The molecule has 7 nitrogen and oxygen atoms in total. The molecule has 1 atom stereocenters. The van der Waals surface area contributed by atoms with Gasteiger partial charge in [0, 0.05) is 31.9 Å². The third kappa shape index (κ3) is 4.79. The normalized spacial score (nSPS) is 16.0. The Morgan fingerprint density at radius 3 is 2.41 bits per heavy atom. The summed E-state index contributed by atoms with van der Waals surface area (Å²) in [5.41, 5.74) is 1.91. The van der Waals surface area contributed by atoms with E-state index < -0.39 is 16.1 Å². The molecule has 170 valence electrons. The second-order valence-electron chi connectivity index (χ2n) is 8.35. The minimum atomic E-state index is -3.85. The van der Waals surface area contributed by atoms with Crippen molar-refractivity contribution in [3.63, 3.8) is 0 Å². The van der Waals surface area contributed by atoms with E-state index >= 15 is 0 Å². The zero-order chi connectivity index (χ0) is 22.9. The molecule has 0 saturated carbocycles. The molecule has 3 aromatic rings. The number of rotatable bonds is 6. The van der Waals surface area contributed by atoms with Crippen LogP contribution in [0.4, 0.5) is 5.69 Å². The standard InChI is InChI=1S/C23H28N4O3S2/c1-16(2)22(23(28)27-13-11-26(12-14-27)18-7-5-4-6-8-18)25-32(29,30)19-9-10-20-21(15-19)31-17(3)24-20/h4-10,15-16,22,25H,11-14H2,1-3H3. The first-order valence-corrected chi connectivity index (χ1v) is 13.0. The summed E-state index contributed by atoms with van der Waals surface area (Å²) in [4.78, 5) is 21.8. The van der Waals surface area contributed by atoms with Crippen molar-refractivity contribution in [1.29, 1.82) is 0 Å². The van der Waals surface area contributed by atoms with Crippen molar-refractivity contribution < 1.29 is 13.2 Å². The number of carbonyl (C=O) groups excluding carboxylic acids is 1. The van der Waals surface area contributed by atoms with Crippen LogP contribution >= 0.6 is 11.3 Å². The molecular weight excluding hydrogens is 444 g/mol. The first kappa shape index (κ1) is 22.7. The summed E-state index contributed by atoms with van der Waals surface area (Å²) in [6, 6.07) is 14.2. The molecule has 0 spiro atoms. The number of hydrogen-bond acceptors (Lipinski definition) is 6. The Kier molecular flexibility index (Phi) is 6.50. The summed E-state index contributed by atoms with van der Waals surface area (Å²) in [6.45, 7) is 8.17. The highest BCUT2D eigenvalue weighted by Crippen LogP contribution is 2.25.